The molecule has 30 heavy (non-hydrogen) atoms. The largest absolute Gasteiger partial charge is 0.416 e. The van der Waals surface area contributed by atoms with Gasteiger partial charge in [0.25, 0.3) is 0 Å². The number of benzene rings is 2. The van der Waals surface area contributed by atoms with E-state index in [4.69, 9.17) is 0 Å². The summed E-state index contributed by atoms with van der Waals surface area (Å²) in [5.41, 5.74) is 1.37. The summed E-state index contributed by atoms with van der Waals surface area (Å²) in [6.45, 7) is 2.70. The Morgan fingerprint density at radius 2 is 1.83 bits per heavy atom. The number of piperidine rings is 1. The van der Waals surface area contributed by atoms with E-state index in [1.165, 1.54) is 30.4 Å². The lowest BCUT2D eigenvalue weighted by Gasteiger charge is -2.37. The summed E-state index contributed by atoms with van der Waals surface area (Å²) in [7, 11) is 0. The Balaban J connectivity index is 1.48. The lowest BCUT2D eigenvalue weighted by molar-refractivity contribution is -0.137. The first-order chi connectivity index (χ1) is 14.2. The van der Waals surface area contributed by atoms with Crippen LogP contribution in [0.3, 0.4) is 0 Å². The Kier molecular flexibility index (Phi) is 4.92. The Labute approximate surface area is 172 Å². The average molecular weight is 414 g/mol. The van der Waals surface area contributed by atoms with E-state index in [1.54, 1.807) is 4.90 Å². The molecule has 0 aliphatic carbocycles. The summed E-state index contributed by atoms with van der Waals surface area (Å²) in [6.07, 6.45) is -1.14. The minimum absolute atomic E-state index is 0.0496. The minimum atomic E-state index is -4.48. The zero-order valence-corrected chi connectivity index (χ0v) is 16.4. The van der Waals surface area contributed by atoms with Crippen molar-refractivity contribution in [3.05, 3.63) is 70.8 Å². The zero-order valence-electron chi connectivity index (χ0n) is 16.4. The normalized spacial score (nSPS) is 18.0. The highest BCUT2D eigenvalue weighted by molar-refractivity contribution is 6.06. The molecule has 0 aromatic heterocycles. The fraction of sp³-hybridized carbons (Fsp3) is 0.304. The zero-order chi connectivity index (χ0) is 21.5. The molecule has 4 nitrogen and oxygen atoms in total. The van der Waals surface area contributed by atoms with Crippen molar-refractivity contribution in [1.82, 2.24) is 4.90 Å². The highest BCUT2D eigenvalue weighted by Crippen LogP contribution is 2.45. The molecular formula is C23H21F3N2O2. The second-order valence-electron chi connectivity index (χ2n) is 7.83. The van der Waals surface area contributed by atoms with E-state index in [1.807, 2.05) is 25.1 Å². The van der Waals surface area contributed by atoms with E-state index in [0.717, 1.165) is 22.9 Å². The Bertz CT molecular complexity index is 1030. The van der Waals surface area contributed by atoms with E-state index in [2.05, 4.69) is 5.32 Å². The molecule has 7 heteroatoms. The van der Waals surface area contributed by atoms with Gasteiger partial charge in [-0.2, -0.15) is 13.2 Å². The number of hydrogen-bond donors (Lipinski definition) is 1. The van der Waals surface area contributed by atoms with Gasteiger partial charge in [-0.3, -0.25) is 9.59 Å². The van der Waals surface area contributed by atoms with Crippen LogP contribution < -0.4 is 5.32 Å². The third-order valence-corrected chi connectivity index (χ3v) is 5.97. The molecule has 2 aromatic rings. The summed E-state index contributed by atoms with van der Waals surface area (Å²) in [6, 6.07) is 11.0. The number of fused-ring (bicyclic) bond motifs is 2. The first-order valence-electron chi connectivity index (χ1n) is 9.76. The molecule has 2 amide bonds. The fourth-order valence-corrected chi connectivity index (χ4v) is 4.30. The number of carbonyl (C=O) groups is 2. The summed E-state index contributed by atoms with van der Waals surface area (Å²) >= 11 is 0. The van der Waals surface area contributed by atoms with Gasteiger partial charge in [0, 0.05) is 24.9 Å². The molecule has 1 N–H and O–H groups in total. The second kappa shape index (κ2) is 7.31. The van der Waals surface area contributed by atoms with Crippen LogP contribution in [0.2, 0.25) is 0 Å². The van der Waals surface area contributed by atoms with Crippen molar-refractivity contribution in [3.63, 3.8) is 0 Å². The Morgan fingerprint density at radius 3 is 2.53 bits per heavy atom. The van der Waals surface area contributed by atoms with Crippen LogP contribution in [-0.2, 0) is 21.2 Å². The summed E-state index contributed by atoms with van der Waals surface area (Å²) in [5, 5.41) is 2.93. The molecule has 2 aliphatic rings. The van der Waals surface area contributed by atoms with Gasteiger partial charge in [-0.25, -0.2) is 0 Å². The molecule has 1 saturated heterocycles. The van der Waals surface area contributed by atoms with E-state index in [0.29, 0.717) is 25.9 Å². The van der Waals surface area contributed by atoms with Gasteiger partial charge in [-0.1, -0.05) is 35.9 Å². The van der Waals surface area contributed by atoms with Crippen LogP contribution in [-0.4, -0.2) is 29.8 Å². The predicted molar refractivity (Wildman–Crippen MR) is 108 cm³/mol. The van der Waals surface area contributed by atoms with Crippen molar-refractivity contribution in [2.24, 2.45) is 0 Å². The molecular weight excluding hydrogens is 393 g/mol. The Hall–Kier alpha value is -3.09. The second-order valence-corrected chi connectivity index (χ2v) is 7.83. The first kappa shape index (κ1) is 20.2. The predicted octanol–water partition coefficient (Wildman–Crippen LogP) is 4.54. The molecule has 0 saturated carbocycles. The smallest absolute Gasteiger partial charge is 0.339 e. The highest BCUT2D eigenvalue weighted by Gasteiger charge is 2.48. The van der Waals surface area contributed by atoms with Crippen molar-refractivity contribution in [1.29, 1.82) is 0 Å². The van der Waals surface area contributed by atoms with Crippen molar-refractivity contribution in [2.45, 2.75) is 31.4 Å². The van der Waals surface area contributed by atoms with Gasteiger partial charge in [-0.15, -0.1) is 0 Å². The van der Waals surface area contributed by atoms with Gasteiger partial charge in [0.1, 0.15) is 0 Å². The van der Waals surface area contributed by atoms with Crippen molar-refractivity contribution in [3.8, 4) is 0 Å². The van der Waals surface area contributed by atoms with Gasteiger partial charge in [0.2, 0.25) is 11.8 Å². The monoisotopic (exact) mass is 414 g/mol. The average Bonchev–Trinajstić information content (AvgIpc) is 2.97. The molecule has 0 unspecified atom stereocenters. The van der Waals surface area contributed by atoms with Crippen LogP contribution in [0.1, 0.15) is 35.1 Å². The third kappa shape index (κ3) is 3.49. The molecule has 0 bridgehead atoms. The van der Waals surface area contributed by atoms with Gasteiger partial charge in [0.15, 0.2) is 0 Å². The number of nitrogens with zero attached hydrogens (tertiary/aromatic N) is 1. The molecule has 1 fully saturated rings. The summed E-state index contributed by atoms with van der Waals surface area (Å²) in [4.78, 5) is 26.9. The maximum Gasteiger partial charge on any atom is 0.416 e. The van der Waals surface area contributed by atoms with Crippen LogP contribution in [0.4, 0.5) is 18.9 Å². The highest BCUT2D eigenvalue weighted by atomic mass is 19.4. The quantitative estimate of drug-likeness (QED) is 0.734. The SMILES string of the molecule is Cc1ccc2c(c1)C1(CCN(C(=O)/C=C/c3ccccc3C(F)(F)F)CC1)C(=O)N2. The molecule has 0 radical (unpaired) electrons. The lowest BCUT2D eigenvalue weighted by Crippen LogP contribution is -2.48. The van der Waals surface area contributed by atoms with Crippen LogP contribution in [0.25, 0.3) is 6.08 Å². The van der Waals surface area contributed by atoms with E-state index >= 15 is 0 Å². The van der Waals surface area contributed by atoms with Gasteiger partial charge < -0.3 is 10.2 Å². The van der Waals surface area contributed by atoms with E-state index in [9.17, 15) is 22.8 Å². The van der Waals surface area contributed by atoms with Crippen molar-refractivity contribution >= 4 is 23.6 Å². The lowest BCUT2D eigenvalue weighted by atomic mass is 9.73. The van der Waals surface area contributed by atoms with Gasteiger partial charge in [-0.05, 0) is 49.1 Å². The fourth-order valence-electron chi connectivity index (χ4n) is 4.30. The van der Waals surface area contributed by atoms with Crippen molar-refractivity contribution < 1.29 is 22.8 Å². The number of nitrogens with one attached hydrogen (secondary N) is 1. The van der Waals surface area contributed by atoms with Crippen LogP contribution in [0.15, 0.2) is 48.5 Å². The molecule has 2 aliphatic heterocycles. The third-order valence-electron chi connectivity index (χ3n) is 5.97. The van der Waals surface area contributed by atoms with Crippen LogP contribution >= 0.6 is 0 Å². The molecule has 0 atom stereocenters. The number of amides is 2. The number of rotatable bonds is 2. The standard InChI is InChI=1S/C23H21F3N2O2/c1-15-6-8-19-18(14-15)22(21(30)27-19)10-12-28(13-11-22)20(29)9-7-16-4-2-3-5-17(16)23(24,25)26/h2-9,14H,10-13H2,1H3,(H,27,30)/b9-7+. The molecule has 2 aromatic carbocycles. The van der Waals surface area contributed by atoms with E-state index < -0.39 is 17.2 Å². The van der Waals surface area contributed by atoms with Crippen LogP contribution in [0.5, 0.6) is 0 Å². The maximum absolute atomic E-state index is 13.1. The number of anilines is 1. The number of likely N-dealkylation sites (tertiary alicyclic amines) is 1. The van der Waals surface area contributed by atoms with Crippen LogP contribution in [0, 0.1) is 6.92 Å². The number of alkyl halides is 3. The number of hydrogen-bond acceptors (Lipinski definition) is 2. The number of carbonyl (C=O) groups excluding carboxylic acids is 2. The number of aryl methyl sites for hydroxylation is 1. The van der Waals surface area contributed by atoms with E-state index in [-0.39, 0.29) is 17.4 Å². The van der Waals surface area contributed by atoms with Crippen molar-refractivity contribution in [2.75, 3.05) is 18.4 Å². The topological polar surface area (TPSA) is 49.4 Å². The first-order valence-corrected chi connectivity index (χ1v) is 9.76. The maximum atomic E-state index is 13.1. The molecule has 4 rings (SSSR count). The molecule has 156 valence electrons. The molecule has 2 heterocycles. The Morgan fingerprint density at radius 1 is 1.13 bits per heavy atom. The summed E-state index contributed by atoms with van der Waals surface area (Å²) < 4.78 is 39.3. The summed E-state index contributed by atoms with van der Waals surface area (Å²) in [5.74, 6) is -0.408. The van der Waals surface area contributed by atoms with Gasteiger partial charge in [0.05, 0.1) is 11.0 Å². The number of halogens is 3. The van der Waals surface area contributed by atoms with Gasteiger partial charge >= 0.3 is 6.18 Å². The molecule has 1 spiro atoms. The minimum Gasteiger partial charge on any atom is -0.339 e.